The molecule has 2 nitrogen and oxygen atoms in total. The molecule has 0 aromatic carbocycles. The standard InChI is InChI=1S/C7H11BrO2/c1-3-4-5-6(8)7(9)10-2/h5H,3-4H2,1-2H3. The molecule has 0 heterocycles. The molecule has 0 aliphatic carbocycles. The quantitative estimate of drug-likeness (QED) is 0.524. The Balaban J connectivity index is 3.80. The highest BCUT2D eigenvalue weighted by atomic mass is 79.9. The largest absolute Gasteiger partial charge is 0.465 e. The summed E-state index contributed by atoms with van der Waals surface area (Å²) < 4.78 is 4.97. The van der Waals surface area contributed by atoms with Crippen LogP contribution in [0.3, 0.4) is 0 Å². The molecule has 0 atom stereocenters. The summed E-state index contributed by atoms with van der Waals surface area (Å²) in [4.78, 5) is 10.7. The van der Waals surface area contributed by atoms with Crippen LogP contribution < -0.4 is 0 Å². The molecule has 0 N–H and O–H groups in total. The molecule has 3 heteroatoms. The number of unbranched alkanes of at least 4 members (excludes halogenated alkanes) is 1. The maximum atomic E-state index is 10.7. The number of halogens is 1. The van der Waals surface area contributed by atoms with E-state index in [0.717, 1.165) is 12.8 Å². The molecule has 0 unspecified atom stereocenters. The zero-order valence-corrected chi connectivity index (χ0v) is 7.77. The monoisotopic (exact) mass is 206 g/mol. The lowest BCUT2D eigenvalue weighted by molar-refractivity contribution is -0.135. The molecular weight excluding hydrogens is 196 g/mol. The average Bonchev–Trinajstić information content (AvgIpc) is 1.98. The minimum atomic E-state index is -0.312. The maximum absolute atomic E-state index is 10.7. The van der Waals surface area contributed by atoms with Crippen LogP contribution in [-0.4, -0.2) is 13.1 Å². The van der Waals surface area contributed by atoms with Crippen LogP contribution in [0.25, 0.3) is 0 Å². The van der Waals surface area contributed by atoms with Crippen molar-refractivity contribution in [1.82, 2.24) is 0 Å². The van der Waals surface area contributed by atoms with Gasteiger partial charge >= 0.3 is 5.97 Å². The molecule has 0 aliphatic rings. The summed E-state index contributed by atoms with van der Waals surface area (Å²) >= 11 is 3.09. The van der Waals surface area contributed by atoms with E-state index in [1.165, 1.54) is 7.11 Å². The Morgan fingerprint density at radius 3 is 2.70 bits per heavy atom. The van der Waals surface area contributed by atoms with Gasteiger partial charge in [0.05, 0.1) is 11.6 Å². The highest BCUT2D eigenvalue weighted by Crippen LogP contribution is 2.08. The fourth-order valence-corrected chi connectivity index (χ4v) is 0.843. The van der Waals surface area contributed by atoms with Crippen LogP contribution in [0.1, 0.15) is 19.8 Å². The Bertz CT molecular complexity index is 141. The number of methoxy groups -OCH3 is 1. The second-order valence-corrected chi connectivity index (χ2v) is 2.69. The molecular formula is C7H11BrO2. The highest BCUT2D eigenvalue weighted by molar-refractivity contribution is 9.12. The van der Waals surface area contributed by atoms with Crippen LogP contribution in [-0.2, 0) is 9.53 Å². The van der Waals surface area contributed by atoms with E-state index in [-0.39, 0.29) is 5.97 Å². The number of hydrogen-bond acceptors (Lipinski definition) is 2. The second kappa shape index (κ2) is 5.47. The van der Waals surface area contributed by atoms with Crippen LogP contribution in [0.15, 0.2) is 10.6 Å². The predicted octanol–water partition coefficient (Wildman–Crippen LogP) is 2.24. The van der Waals surface area contributed by atoms with E-state index in [0.29, 0.717) is 4.48 Å². The van der Waals surface area contributed by atoms with Gasteiger partial charge in [0.1, 0.15) is 0 Å². The fraction of sp³-hybridized carbons (Fsp3) is 0.571. The van der Waals surface area contributed by atoms with Crippen molar-refractivity contribution in [2.24, 2.45) is 0 Å². The second-order valence-electron chi connectivity index (χ2n) is 1.83. The van der Waals surface area contributed by atoms with Gasteiger partial charge in [0.25, 0.3) is 0 Å². The molecule has 0 bridgehead atoms. The molecule has 0 aromatic rings. The zero-order chi connectivity index (χ0) is 7.98. The molecule has 0 aliphatic heterocycles. The normalized spacial score (nSPS) is 11.3. The number of rotatable bonds is 3. The van der Waals surface area contributed by atoms with E-state index in [1.54, 1.807) is 0 Å². The molecule has 0 saturated carbocycles. The van der Waals surface area contributed by atoms with Crippen LogP contribution >= 0.6 is 15.9 Å². The minimum Gasteiger partial charge on any atom is -0.465 e. The summed E-state index contributed by atoms with van der Waals surface area (Å²) in [5.74, 6) is -0.312. The molecule has 0 rings (SSSR count). The Morgan fingerprint density at radius 2 is 2.30 bits per heavy atom. The van der Waals surface area contributed by atoms with Crippen molar-refractivity contribution in [3.8, 4) is 0 Å². The van der Waals surface area contributed by atoms with Crippen LogP contribution in [0, 0.1) is 0 Å². The minimum absolute atomic E-state index is 0.312. The van der Waals surface area contributed by atoms with Gasteiger partial charge in [-0.1, -0.05) is 19.4 Å². The molecule has 0 radical (unpaired) electrons. The van der Waals surface area contributed by atoms with Crippen molar-refractivity contribution in [1.29, 1.82) is 0 Å². The first-order chi connectivity index (χ1) is 4.72. The van der Waals surface area contributed by atoms with Gasteiger partial charge in [0.15, 0.2) is 0 Å². The van der Waals surface area contributed by atoms with Gasteiger partial charge in [0.2, 0.25) is 0 Å². The SMILES string of the molecule is CCCC=C(Br)C(=O)OC. The van der Waals surface area contributed by atoms with E-state index >= 15 is 0 Å². The smallest absolute Gasteiger partial charge is 0.344 e. The van der Waals surface area contributed by atoms with E-state index in [2.05, 4.69) is 20.7 Å². The molecule has 0 amide bonds. The van der Waals surface area contributed by atoms with Gasteiger partial charge in [0, 0.05) is 0 Å². The highest BCUT2D eigenvalue weighted by Gasteiger charge is 2.02. The third-order valence-corrected chi connectivity index (χ3v) is 1.64. The summed E-state index contributed by atoms with van der Waals surface area (Å²) in [7, 11) is 1.36. The van der Waals surface area contributed by atoms with Crippen molar-refractivity contribution in [2.45, 2.75) is 19.8 Å². The lowest BCUT2D eigenvalue weighted by Crippen LogP contribution is -1.98. The van der Waals surface area contributed by atoms with E-state index in [1.807, 2.05) is 13.0 Å². The number of ether oxygens (including phenoxy) is 1. The van der Waals surface area contributed by atoms with Crippen molar-refractivity contribution < 1.29 is 9.53 Å². The first-order valence-corrected chi connectivity index (χ1v) is 3.95. The van der Waals surface area contributed by atoms with Gasteiger partial charge < -0.3 is 4.74 Å². The fourth-order valence-electron chi connectivity index (χ4n) is 0.452. The average molecular weight is 207 g/mol. The van der Waals surface area contributed by atoms with Gasteiger partial charge in [-0.3, -0.25) is 0 Å². The predicted molar refractivity (Wildman–Crippen MR) is 43.9 cm³/mol. The van der Waals surface area contributed by atoms with E-state index in [9.17, 15) is 4.79 Å². The van der Waals surface area contributed by atoms with Crippen molar-refractivity contribution in [2.75, 3.05) is 7.11 Å². The zero-order valence-electron chi connectivity index (χ0n) is 6.19. The van der Waals surface area contributed by atoms with E-state index < -0.39 is 0 Å². The number of esters is 1. The lowest BCUT2D eigenvalue weighted by Gasteiger charge is -1.94. The number of hydrogen-bond donors (Lipinski definition) is 0. The third-order valence-electron chi connectivity index (χ3n) is 0.993. The van der Waals surface area contributed by atoms with Crippen molar-refractivity contribution in [3.05, 3.63) is 10.6 Å². The van der Waals surface area contributed by atoms with Gasteiger partial charge in [-0.2, -0.15) is 0 Å². The van der Waals surface area contributed by atoms with E-state index in [4.69, 9.17) is 0 Å². The molecule has 0 fully saturated rings. The first kappa shape index (κ1) is 9.69. The molecule has 10 heavy (non-hydrogen) atoms. The topological polar surface area (TPSA) is 26.3 Å². The van der Waals surface area contributed by atoms with Crippen molar-refractivity contribution >= 4 is 21.9 Å². The Kier molecular flexibility index (Phi) is 5.30. The molecule has 58 valence electrons. The summed E-state index contributed by atoms with van der Waals surface area (Å²) in [6.07, 6.45) is 3.74. The van der Waals surface area contributed by atoms with Crippen LogP contribution in [0.5, 0.6) is 0 Å². The summed E-state index contributed by atoms with van der Waals surface area (Å²) in [5, 5.41) is 0. The summed E-state index contributed by atoms with van der Waals surface area (Å²) in [5.41, 5.74) is 0. The molecule has 0 saturated heterocycles. The number of carbonyl (C=O) groups is 1. The molecule has 0 aromatic heterocycles. The van der Waals surface area contributed by atoms with Gasteiger partial charge in [-0.25, -0.2) is 4.79 Å². The Labute approximate surface area is 69.4 Å². The molecule has 0 spiro atoms. The summed E-state index contributed by atoms with van der Waals surface area (Å²) in [6, 6.07) is 0. The van der Waals surface area contributed by atoms with Gasteiger partial charge in [-0.05, 0) is 22.4 Å². The Hall–Kier alpha value is -0.310. The third kappa shape index (κ3) is 3.67. The maximum Gasteiger partial charge on any atom is 0.344 e. The number of carbonyl (C=O) groups excluding carboxylic acids is 1. The Morgan fingerprint density at radius 1 is 1.70 bits per heavy atom. The summed E-state index contributed by atoms with van der Waals surface area (Å²) in [6.45, 7) is 2.05. The van der Waals surface area contributed by atoms with Gasteiger partial charge in [-0.15, -0.1) is 0 Å². The van der Waals surface area contributed by atoms with Crippen molar-refractivity contribution in [3.63, 3.8) is 0 Å². The van der Waals surface area contributed by atoms with Crippen LogP contribution in [0.4, 0.5) is 0 Å². The first-order valence-electron chi connectivity index (χ1n) is 3.16. The number of allylic oxidation sites excluding steroid dienone is 1. The van der Waals surface area contributed by atoms with Crippen LogP contribution in [0.2, 0.25) is 0 Å². The lowest BCUT2D eigenvalue weighted by atomic mass is 10.3.